The van der Waals surface area contributed by atoms with E-state index in [1.165, 1.54) is 13.3 Å². The second kappa shape index (κ2) is 5.79. The SMILES string of the molecule is C=Cc1c(-c2ccnnc2Cl)cc(C(=O)OC)nc1C. The number of rotatable bonds is 3. The van der Waals surface area contributed by atoms with Crippen molar-refractivity contribution >= 4 is 23.6 Å². The molecule has 0 radical (unpaired) electrons. The van der Waals surface area contributed by atoms with Crippen LogP contribution >= 0.6 is 11.6 Å². The minimum absolute atomic E-state index is 0.207. The Labute approximate surface area is 121 Å². The zero-order valence-corrected chi connectivity index (χ0v) is 11.8. The molecule has 0 atom stereocenters. The van der Waals surface area contributed by atoms with Gasteiger partial charge in [-0.2, -0.15) is 5.10 Å². The monoisotopic (exact) mass is 289 g/mol. The minimum Gasteiger partial charge on any atom is -0.464 e. The molecule has 0 unspecified atom stereocenters. The van der Waals surface area contributed by atoms with Crippen LogP contribution in [0.25, 0.3) is 17.2 Å². The molecule has 6 heteroatoms. The average Bonchev–Trinajstić information content (AvgIpc) is 2.46. The molecule has 0 aliphatic rings. The molecule has 2 aromatic heterocycles. The van der Waals surface area contributed by atoms with E-state index < -0.39 is 5.97 Å². The molecule has 0 amide bonds. The number of pyridine rings is 1. The van der Waals surface area contributed by atoms with Crippen molar-refractivity contribution in [3.63, 3.8) is 0 Å². The van der Waals surface area contributed by atoms with Gasteiger partial charge in [-0.3, -0.25) is 0 Å². The predicted molar refractivity (Wildman–Crippen MR) is 76.4 cm³/mol. The topological polar surface area (TPSA) is 65.0 Å². The van der Waals surface area contributed by atoms with Crippen LogP contribution in [0.5, 0.6) is 0 Å². The number of aryl methyl sites for hydroxylation is 1. The van der Waals surface area contributed by atoms with Crippen LogP contribution in [0.15, 0.2) is 24.9 Å². The molecule has 0 saturated heterocycles. The Morgan fingerprint density at radius 3 is 2.80 bits per heavy atom. The highest BCUT2D eigenvalue weighted by molar-refractivity contribution is 6.32. The van der Waals surface area contributed by atoms with Gasteiger partial charge in [0.25, 0.3) is 0 Å². The van der Waals surface area contributed by atoms with Gasteiger partial charge in [-0.25, -0.2) is 9.78 Å². The fraction of sp³-hybridized carbons (Fsp3) is 0.143. The molecular weight excluding hydrogens is 278 g/mol. The summed E-state index contributed by atoms with van der Waals surface area (Å²) in [6.45, 7) is 5.55. The number of nitrogens with zero attached hydrogens (tertiary/aromatic N) is 3. The third-order valence-electron chi connectivity index (χ3n) is 2.81. The van der Waals surface area contributed by atoms with E-state index in [1.807, 2.05) is 0 Å². The normalized spacial score (nSPS) is 10.2. The molecule has 102 valence electrons. The predicted octanol–water partition coefficient (Wildman–Crippen LogP) is 2.93. The van der Waals surface area contributed by atoms with Gasteiger partial charge in [0.15, 0.2) is 5.15 Å². The maximum Gasteiger partial charge on any atom is 0.356 e. The van der Waals surface area contributed by atoms with E-state index in [9.17, 15) is 4.79 Å². The van der Waals surface area contributed by atoms with Crippen LogP contribution in [0.4, 0.5) is 0 Å². The van der Waals surface area contributed by atoms with Crippen LogP contribution in [0.1, 0.15) is 21.7 Å². The molecule has 0 aliphatic heterocycles. The smallest absolute Gasteiger partial charge is 0.356 e. The van der Waals surface area contributed by atoms with Gasteiger partial charge >= 0.3 is 5.97 Å². The molecule has 0 spiro atoms. The summed E-state index contributed by atoms with van der Waals surface area (Å²) in [5.74, 6) is -0.511. The summed E-state index contributed by atoms with van der Waals surface area (Å²) >= 11 is 6.06. The second-order valence-electron chi connectivity index (χ2n) is 3.99. The number of esters is 1. The molecule has 0 aromatic carbocycles. The third kappa shape index (κ3) is 2.53. The molecule has 20 heavy (non-hydrogen) atoms. The van der Waals surface area contributed by atoms with Crippen LogP contribution in [0.2, 0.25) is 5.15 Å². The van der Waals surface area contributed by atoms with Gasteiger partial charge in [0.1, 0.15) is 5.69 Å². The van der Waals surface area contributed by atoms with Crippen molar-refractivity contribution in [3.8, 4) is 11.1 Å². The summed E-state index contributed by atoms with van der Waals surface area (Å²) in [5, 5.41) is 7.75. The largest absolute Gasteiger partial charge is 0.464 e. The quantitative estimate of drug-likeness (QED) is 0.813. The summed E-state index contributed by atoms with van der Waals surface area (Å²) in [4.78, 5) is 15.9. The van der Waals surface area contributed by atoms with E-state index in [4.69, 9.17) is 16.3 Å². The van der Waals surface area contributed by atoms with E-state index in [1.54, 1.807) is 25.1 Å². The van der Waals surface area contributed by atoms with Crippen molar-refractivity contribution in [2.24, 2.45) is 0 Å². The average molecular weight is 290 g/mol. The molecule has 0 aliphatic carbocycles. The number of carbonyl (C=O) groups excluding carboxylic acids is 1. The number of carbonyl (C=O) groups is 1. The van der Waals surface area contributed by atoms with E-state index in [0.29, 0.717) is 16.8 Å². The first-order valence-corrected chi connectivity index (χ1v) is 6.16. The van der Waals surface area contributed by atoms with Crippen molar-refractivity contribution in [2.75, 3.05) is 7.11 Å². The number of aromatic nitrogens is 3. The Hall–Kier alpha value is -2.27. The standard InChI is InChI=1S/C14H12ClN3O2/c1-4-9-8(2)17-12(14(19)20-3)7-11(9)10-5-6-16-18-13(10)15/h4-7H,1H2,2-3H3. The van der Waals surface area contributed by atoms with Crippen LogP contribution in [-0.4, -0.2) is 28.3 Å². The molecule has 2 heterocycles. The maximum absolute atomic E-state index is 11.7. The maximum atomic E-state index is 11.7. The second-order valence-corrected chi connectivity index (χ2v) is 4.34. The summed E-state index contributed by atoms with van der Waals surface area (Å²) < 4.78 is 4.70. The Morgan fingerprint density at radius 1 is 1.45 bits per heavy atom. The highest BCUT2D eigenvalue weighted by Gasteiger charge is 2.16. The van der Waals surface area contributed by atoms with E-state index in [-0.39, 0.29) is 10.8 Å². The first kappa shape index (κ1) is 14.1. The van der Waals surface area contributed by atoms with Crippen molar-refractivity contribution in [2.45, 2.75) is 6.92 Å². The minimum atomic E-state index is -0.511. The van der Waals surface area contributed by atoms with Crippen molar-refractivity contribution in [1.29, 1.82) is 0 Å². The molecule has 0 N–H and O–H groups in total. The number of methoxy groups -OCH3 is 1. The van der Waals surface area contributed by atoms with Crippen LogP contribution in [-0.2, 0) is 4.74 Å². The number of hydrogen-bond acceptors (Lipinski definition) is 5. The van der Waals surface area contributed by atoms with Gasteiger partial charge < -0.3 is 4.74 Å². The fourth-order valence-electron chi connectivity index (χ4n) is 1.89. The van der Waals surface area contributed by atoms with Gasteiger partial charge in [0, 0.05) is 16.8 Å². The van der Waals surface area contributed by atoms with Gasteiger partial charge in [-0.1, -0.05) is 24.3 Å². The van der Waals surface area contributed by atoms with E-state index in [0.717, 1.165) is 5.56 Å². The molecular formula is C14H12ClN3O2. The third-order valence-corrected chi connectivity index (χ3v) is 3.09. The first-order chi connectivity index (χ1) is 9.58. The summed E-state index contributed by atoms with van der Waals surface area (Å²) in [5.41, 5.74) is 3.02. The number of ether oxygens (including phenoxy) is 1. The summed E-state index contributed by atoms with van der Waals surface area (Å²) in [6, 6.07) is 3.33. The highest BCUT2D eigenvalue weighted by atomic mass is 35.5. The summed E-state index contributed by atoms with van der Waals surface area (Å²) in [6.07, 6.45) is 3.19. The van der Waals surface area contributed by atoms with Crippen LogP contribution in [0.3, 0.4) is 0 Å². The van der Waals surface area contributed by atoms with E-state index in [2.05, 4.69) is 21.8 Å². The first-order valence-electron chi connectivity index (χ1n) is 5.78. The molecule has 0 bridgehead atoms. The van der Waals surface area contributed by atoms with Crippen molar-refractivity contribution in [1.82, 2.24) is 15.2 Å². The molecule has 5 nitrogen and oxygen atoms in total. The Balaban J connectivity index is 2.73. The van der Waals surface area contributed by atoms with Gasteiger partial charge in [0.2, 0.25) is 0 Å². The van der Waals surface area contributed by atoms with Gasteiger partial charge in [-0.05, 0) is 24.6 Å². The fourth-order valence-corrected chi connectivity index (χ4v) is 2.10. The molecule has 2 aromatic rings. The van der Waals surface area contributed by atoms with Gasteiger partial charge in [-0.15, -0.1) is 5.10 Å². The zero-order valence-electron chi connectivity index (χ0n) is 11.1. The van der Waals surface area contributed by atoms with Crippen molar-refractivity contribution in [3.05, 3.63) is 47.0 Å². The number of halogens is 1. The van der Waals surface area contributed by atoms with E-state index >= 15 is 0 Å². The molecule has 2 rings (SSSR count). The molecule has 0 saturated carbocycles. The highest BCUT2D eigenvalue weighted by Crippen LogP contribution is 2.31. The van der Waals surface area contributed by atoms with Gasteiger partial charge in [0.05, 0.1) is 13.3 Å². The van der Waals surface area contributed by atoms with Crippen LogP contribution in [0, 0.1) is 6.92 Å². The lowest BCUT2D eigenvalue weighted by molar-refractivity contribution is 0.0594. The Kier molecular flexibility index (Phi) is 4.10. The lowest BCUT2D eigenvalue weighted by atomic mass is 9.99. The summed E-state index contributed by atoms with van der Waals surface area (Å²) in [7, 11) is 1.31. The Morgan fingerprint density at radius 2 is 2.20 bits per heavy atom. The lowest BCUT2D eigenvalue weighted by Crippen LogP contribution is -2.07. The van der Waals surface area contributed by atoms with Crippen molar-refractivity contribution < 1.29 is 9.53 Å². The van der Waals surface area contributed by atoms with Crippen LogP contribution < -0.4 is 0 Å². The zero-order chi connectivity index (χ0) is 14.7. The number of hydrogen-bond donors (Lipinski definition) is 0. The Bertz CT molecular complexity index is 686. The molecule has 0 fully saturated rings. The lowest BCUT2D eigenvalue weighted by Gasteiger charge is -2.11.